The van der Waals surface area contributed by atoms with Gasteiger partial charge in [-0.15, -0.1) is 5.06 Å². The molecule has 0 unspecified atom stereocenters. The van der Waals surface area contributed by atoms with Crippen LogP contribution in [-0.2, 0) is 166 Å². The average molecular weight is 1900 g/mol. The maximum absolute atomic E-state index is 12.9. The van der Waals surface area contributed by atoms with E-state index in [1.54, 1.807) is 13.2 Å². The summed E-state index contributed by atoms with van der Waals surface area (Å²) < 4.78 is 173. The fourth-order valence-corrected chi connectivity index (χ4v) is 13.6. The van der Waals surface area contributed by atoms with E-state index in [2.05, 4.69) is 26.3 Å². The van der Waals surface area contributed by atoms with Gasteiger partial charge in [0.25, 0.3) is 17.6 Å². The van der Waals surface area contributed by atoms with Gasteiger partial charge in [-0.3, -0.25) is 14.4 Å². The van der Waals surface area contributed by atoms with Gasteiger partial charge in [0.15, 0.2) is 11.0 Å². The molecule has 1 aromatic heterocycles. The fourth-order valence-electron chi connectivity index (χ4n) is 12.8. The van der Waals surface area contributed by atoms with Gasteiger partial charge in [-0.05, 0) is 74.8 Å². The number of aryl methyl sites for hydroxylation is 2. The van der Waals surface area contributed by atoms with Crippen molar-refractivity contribution in [3.8, 4) is 0 Å². The van der Waals surface area contributed by atoms with Crippen molar-refractivity contribution in [3.63, 3.8) is 0 Å². The maximum Gasteiger partial charge on any atom is 0.333 e. The highest BCUT2D eigenvalue weighted by Gasteiger charge is 2.40. The molecule has 740 valence electrons. The number of hydroxylamine groups is 2. The number of imide groups is 1. The molecule has 0 spiro atoms. The van der Waals surface area contributed by atoms with Gasteiger partial charge in [0, 0.05) is 80.9 Å². The van der Waals surface area contributed by atoms with E-state index >= 15 is 0 Å². The first-order valence-electron chi connectivity index (χ1n) is 45.4. The van der Waals surface area contributed by atoms with Crippen LogP contribution in [0.2, 0.25) is 10.0 Å². The van der Waals surface area contributed by atoms with Gasteiger partial charge in [0.2, 0.25) is 5.91 Å². The molecular formula is C89H147Cl2N5O32S. The van der Waals surface area contributed by atoms with E-state index in [9.17, 15) is 32.1 Å². The molecule has 1 saturated heterocycles. The molecule has 1 fully saturated rings. The number of hydrogen-bond donors (Lipinski definition) is 1. The summed E-state index contributed by atoms with van der Waals surface area (Å²) in [5.41, 5.74) is 3.55. The normalized spacial score (nSPS) is 13.8. The van der Waals surface area contributed by atoms with E-state index < -0.39 is 33.3 Å². The van der Waals surface area contributed by atoms with E-state index in [1.165, 1.54) is 12.1 Å². The van der Waals surface area contributed by atoms with Crippen LogP contribution in [0, 0.1) is 0 Å². The number of anilines is 1. The molecule has 40 heteroatoms. The van der Waals surface area contributed by atoms with Crippen LogP contribution in [0.15, 0.2) is 53.1 Å². The van der Waals surface area contributed by atoms with Crippen LogP contribution in [0.25, 0.3) is 17.1 Å². The van der Waals surface area contributed by atoms with Crippen molar-refractivity contribution in [1.29, 1.82) is 0 Å². The number of allylic oxidation sites excluding steroid dienone is 3. The quantitative estimate of drug-likeness (QED) is 0.0247. The predicted octanol–water partition coefficient (Wildman–Crippen LogP) is 7.51. The number of carbonyl (C=O) groups is 4. The molecule has 3 aromatic rings. The summed E-state index contributed by atoms with van der Waals surface area (Å²) in [6.07, 6.45) is 12.1. The van der Waals surface area contributed by atoms with Gasteiger partial charge < -0.3 is 133 Å². The molecule has 3 heterocycles. The number of ether oxygens (including phenoxy) is 24. The Morgan fingerprint density at radius 3 is 1.16 bits per heavy atom. The zero-order valence-corrected chi connectivity index (χ0v) is 79.0. The number of carbonyl (C=O) groups excluding carboxylic acids is 4. The van der Waals surface area contributed by atoms with Gasteiger partial charge >= 0.3 is 5.97 Å². The van der Waals surface area contributed by atoms with Crippen molar-refractivity contribution in [2.24, 2.45) is 0 Å². The van der Waals surface area contributed by atoms with Crippen molar-refractivity contribution in [1.82, 2.24) is 14.9 Å². The molecule has 0 bridgehead atoms. The highest BCUT2D eigenvalue weighted by Crippen LogP contribution is 2.48. The molecule has 0 saturated carbocycles. The molecule has 0 aliphatic carbocycles. The van der Waals surface area contributed by atoms with Crippen LogP contribution in [0.1, 0.15) is 109 Å². The number of fused-ring (bicyclic) bond motifs is 2. The third kappa shape index (κ3) is 53.6. The highest BCUT2D eigenvalue weighted by molar-refractivity contribution is 7.85. The number of hydrogen-bond acceptors (Lipinski definition) is 33. The van der Waals surface area contributed by atoms with Crippen molar-refractivity contribution < 1.29 is 155 Å². The largest absolute Gasteiger partial charge is 0.744 e. The molecule has 1 N–H and O–H groups in total. The zero-order valence-electron chi connectivity index (χ0n) is 76.7. The second-order valence-corrected chi connectivity index (χ2v) is 31.9. The van der Waals surface area contributed by atoms with Crippen LogP contribution in [0.5, 0.6) is 0 Å². The van der Waals surface area contributed by atoms with Gasteiger partial charge in [-0.1, -0.05) is 56.5 Å². The minimum Gasteiger partial charge on any atom is -0.744 e. The van der Waals surface area contributed by atoms with E-state index in [-0.39, 0.29) is 30.1 Å². The highest BCUT2D eigenvalue weighted by atomic mass is 35.5. The van der Waals surface area contributed by atoms with Crippen molar-refractivity contribution in [3.05, 3.63) is 69.6 Å². The molecule has 129 heavy (non-hydrogen) atoms. The number of rotatable bonds is 91. The van der Waals surface area contributed by atoms with Crippen LogP contribution in [0.4, 0.5) is 5.69 Å². The fraction of sp³-hybridized carbons (Fsp3) is 0.764. The number of aromatic nitrogens is 2. The standard InChI is InChI=1S/C89H147Cl2N5O32S/c1-5-6-23-93-80-19-18-76(129(101,102)103)73-77(80)89(2,3)83(93)14-13-16-85-94(81-74-78(90)79(91)75-82(81)95(85)25-12-8-10-17-88(100)128-96-86(98)20-21-87(96)99)24-11-7-9-15-84(97)92-22-26-105-29-30-107-33-34-109-37-38-111-41-42-113-45-46-115-49-50-117-53-54-119-57-58-121-61-62-123-65-66-125-69-70-127-72-71-126-68-67-124-64-63-122-60-59-120-56-55-118-52-51-116-48-47-114-44-43-112-40-39-110-36-35-108-32-31-106-28-27-104-4/h13-14,16,18-19,73-75H,5-12,15,17,20-72H2,1-4H3,(H-,92,97,101,102,103). The second kappa shape index (κ2) is 76.0. The lowest BCUT2D eigenvalue weighted by atomic mass is 9.83. The number of amides is 3. The summed E-state index contributed by atoms with van der Waals surface area (Å²) in [7, 11) is -3.05. The van der Waals surface area contributed by atoms with E-state index in [0.717, 1.165) is 59.5 Å². The summed E-state index contributed by atoms with van der Waals surface area (Å²) in [5, 5.41) is 4.26. The van der Waals surface area contributed by atoms with Gasteiger partial charge in [-0.2, -0.15) is 0 Å². The molecule has 0 radical (unpaired) electrons. The Morgan fingerprint density at radius 1 is 0.450 bits per heavy atom. The summed E-state index contributed by atoms with van der Waals surface area (Å²) in [5.74, 6) is -0.942. The number of imidazole rings is 1. The van der Waals surface area contributed by atoms with E-state index in [0.29, 0.717) is 384 Å². The Balaban J connectivity index is 0.729. The Bertz CT molecular complexity index is 3560. The monoisotopic (exact) mass is 1900 g/mol. The number of halogens is 2. The number of unbranched alkanes of at least 4 members (excludes halogenated alkanes) is 5. The van der Waals surface area contributed by atoms with Crippen molar-refractivity contribution in [2.45, 2.75) is 121 Å². The maximum atomic E-state index is 12.9. The zero-order chi connectivity index (χ0) is 92.4. The number of benzene rings is 2. The lowest BCUT2D eigenvalue weighted by Crippen LogP contribution is -2.36. The molecule has 0 atom stereocenters. The molecule has 37 nitrogen and oxygen atoms in total. The Hall–Kier alpha value is -5.20. The average Bonchev–Trinajstić information content (AvgIpc) is 1.60. The van der Waals surface area contributed by atoms with Gasteiger partial charge in [-0.25, -0.2) is 22.3 Å². The SMILES string of the molecule is CCCCN1C(=CC=Cc2n(CCCCCC(=O)ON3C(=O)CCC3=O)c3cc(Cl)c(Cl)cc3[n+]2CCCCCC(=O)NCCOCCOCCOCCOCCOCCOCCOCCOCCOCCOCCOCCOCCOCCOCCOCCOCCOCCOCCOCCOCCOCCOCCOCCOC)C(C)(C)c2cc(S(=O)(=O)[O-])ccc21. The Labute approximate surface area is 772 Å². The lowest BCUT2D eigenvalue weighted by molar-refractivity contribution is -0.674. The molecule has 2 aliphatic heterocycles. The smallest absolute Gasteiger partial charge is 0.333 e. The topological polar surface area (TPSA) is 384 Å². The molecule has 3 amide bonds. The molecular weight excluding hydrogens is 1750 g/mol. The van der Waals surface area contributed by atoms with E-state index in [1.807, 2.05) is 44.2 Å². The molecule has 2 aromatic carbocycles. The Kier molecular flexibility index (Phi) is 67.4. The Morgan fingerprint density at radius 2 is 0.798 bits per heavy atom. The number of nitrogens with zero attached hydrogens (tertiary/aromatic N) is 4. The number of nitrogens with one attached hydrogen (secondary N) is 1. The van der Waals surface area contributed by atoms with Gasteiger partial charge in [0.1, 0.15) is 10.1 Å². The molecule has 2 aliphatic rings. The van der Waals surface area contributed by atoms with Crippen LogP contribution in [0.3, 0.4) is 0 Å². The lowest BCUT2D eigenvalue weighted by Gasteiger charge is -2.27. The van der Waals surface area contributed by atoms with Crippen molar-refractivity contribution >= 4 is 79.8 Å². The first kappa shape index (κ1) is 114. The van der Waals surface area contributed by atoms with Crippen LogP contribution < -0.4 is 14.8 Å². The summed E-state index contributed by atoms with van der Waals surface area (Å²) in [6.45, 7) is 30.2. The predicted molar refractivity (Wildman–Crippen MR) is 477 cm³/mol. The van der Waals surface area contributed by atoms with Crippen LogP contribution >= 0.6 is 23.2 Å². The minimum atomic E-state index is -4.69. The second-order valence-electron chi connectivity index (χ2n) is 29.7. The summed E-state index contributed by atoms with van der Waals surface area (Å²) in [4.78, 5) is 56.6. The third-order valence-electron chi connectivity index (χ3n) is 19.5. The summed E-state index contributed by atoms with van der Waals surface area (Å²) >= 11 is 13.4. The minimum absolute atomic E-state index is 0.0134. The summed E-state index contributed by atoms with van der Waals surface area (Å²) in [6, 6.07) is 8.27. The molecule has 5 rings (SSSR count). The number of methoxy groups -OCH3 is 1. The van der Waals surface area contributed by atoms with Crippen LogP contribution in [-0.4, -0.2) is 377 Å². The first-order valence-corrected chi connectivity index (χ1v) is 47.5. The van der Waals surface area contributed by atoms with Gasteiger partial charge in [0.05, 0.1) is 339 Å². The first-order chi connectivity index (χ1) is 63.1. The third-order valence-corrected chi connectivity index (χ3v) is 21.0. The van der Waals surface area contributed by atoms with E-state index in [4.69, 9.17) is 142 Å². The van der Waals surface area contributed by atoms with Crippen molar-refractivity contribution in [2.75, 3.05) is 336 Å².